The maximum atomic E-state index is 9.59. The van der Waals surface area contributed by atoms with Crippen molar-refractivity contribution in [1.29, 1.82) is 5.26 Å². The van der Waals surface area contributed by atoms with Crippen molar-refractivity contribution in [2.75, 3.05) is 7.11 Å². The molecule has 0 bridgehead atoms. The first-order valence-electron chi connectivity index (χ1n) is 3.76. The second-order valence-electron chi connectivity index (χ2n) is 2.60. The summed E-state index contributed by atoms with van der Waals surface area (Å²) in [4.78, 5) is 4.56. The molecule has 0 saturated carbocycles. The zero-order chi connectivity index (χ0) is 9.84. The molecule has 70 valence electrons. The van der Waals surface area contributed by atoms with E-state index in [4.69, 9.17) is 10.00 Å². The first-order valence-corrected chi connectivity index (χ1v) is 4.58. The highest BCUT2D eigenvalue weighted by Crippen LogP contribution is 2.29. The molecule has 1 heterocycles. The number of thiazole rings is 1. The summed E-state index contributed by atoms with van der Waals surface area (Å²) in [6, 6.07) is 1.98. The molecule has 0 aliphatic heterocycles. The molecule has 1 aromatic heterocycles. The van der Waals surface area contributed by atoms with Crippen LogP contribution in [0.4, 0.5) is 0 Å². The Hall–Kier alpha value is -1.12. The number of hydrogen-bond acceptors (Lipinski definition) is 5. The molecule has 5 heteroatoms. The molecule has 13 heavy (non-hydrogen) atoms. The predicted octanol–water partition coefficient (Wildman–Crippen LogP) is 1.34. The van der Waals surface area contributed by atoms with Crippen LogP contribution in [0.25, 0.3) is 0 Å². The quantitative estimate of drug-likeness (QED) is 0.796. The number of ether oxygens (including phenoxy) is 1. The molecule has 0 saturated heterocycles. The Bertz CT molecular complexity index is 318. The van der Waals surface area contributed by atoms with Gasteiger partial charge in [0.2, 0.25) is 0 Å². The average molecular weight is 198 g/mol. The Kier molecular flexibility index (Phi) is 3.23. The summed E-state index contributed by atoms with van der Waals surface area (Å²) < 4.78 is 4.87. The lowest BCUT2D eigenvalue weighted by Gasteiger charge is -2.08. The van der Waals surface area contributed by atoms with Crippen LogP contribution < -0.4 is 4.74 Å². The highest BCUT2D eigenvalue weighted by molar-refractivity contribution is 7.13. The molecule has 2 atom stereocenters. The van der Waals surface area contributed by atoms with Gasteiger partial charge in [-0.05, 0) is 6.92 Å². The first-order chi connectivity index (χ1) is 6.19. The van der Waals surface area contributed by atoms with Crippen LogP contribution in [0.2, 0.25) is 0 Å². The van der Waals surface area contributed by atoms with Gasteiger partial charge in [0.1, 0.15) is 6.10 Å². The van der Waals surface area contributed by atoms with Gasteiger partial charge in [-0.15, -0.1) is 0 Å². The molecule has 4 nitrogen and oxygen atoms in total. The SMILES string of the molecule is COc1ncc(C(O)C(C)C#N)s1. The van der Waals surface area contributed by atoms with Crippen LogP contribution in [0.5, 0.6) is 5.19 Å². The van der Waals surface area contributed by atoms with Crippen LogP contribution in [0.15, 0.2) is 6.20 Å². The lowest BCUT2D eigenvalue weighted by Crippen LogP contribution is -2.04. The third-order valence-corrected chi connectivity index (χ3v) is 2.68. The number of methoxy groups -OCH3 is 1. The number of nitriles is 1. The number of rotatable bonds is 3. The molecule has 0 aliphatic rings. The molecule has 0 radical (unpaired) electrons. The maximum Gasteiger partial charge on any atom is 0.273 e. The third kappa shape index (κ3) is 2.17. The Labute approximate surface area is 80.4 Å². The molecule has 0 fully saturated rings. The van der Waals surface area contributed by atoms with E-state index < -0.39 is 12.0 Å². The molecule has 0 aromatic carbocycles. The average Bonchev–Trinajstić information content (AvgIpc) is 2.63. The van der Waals surface area contributed by atoms with Gasteiger partial charge < -0.3 is 9.84 Å². The van der Waals surface area contributed by atoms with Crippen LogP contribution in [0.3, 0.4) is 0 Å². The minimum atomic E-state index is -0.772. The van der Waals surface area contributed by atoms with Crippen LogP contribution >= 0.6 is 11.3 Å². The predicted molar refractivity (Wildman–Crippen MR) is 48.4 cm³/mol. The van der Waals surface area contributed by atoms with Crippen molar-refractivity contribution in [2.45, 2.75) is 13.0 Å². The molecule has 0 aliphatic carbocycles. The van der Waals surface area contributed by atoms with Crippen molar-refractivity contribution in [2.24, 2.45) is 5.92 Å². The van der Waals surface area contributed by atoms with Crippen molar-refractivity contribution >= 4 is 11.3 Å². The van der Waals surface area contributed by atoms with Crippen LogP contribution in [0, 0.1) is 17.2 Å². The fraction of sp³-hybridized carbons (Fsp3) is 0.500. The van der Waals surface area contributed by atoms with E-state index in [9.17, 15) is 5.11 Å². The maximum absolute atomic E-state index is 9.59. The van der Waals surface area contributed by atoms with Crippen molar-refractivity contribution in [3.05, 3.63) is 11.1 Å². The van der Waals surface area contributed by atoms with Gasteiger partial charge in [-0.3, -0.25) is 0 Å². The summed E-state index contributed by atoms with van der Waals surface area (Å²) in [6.45, 7) is 1.66. The number of aromatic nitrogens is 1. The Morgan fingerprint density at radius 1 is 1.77 bits per heavy atom. The highest BCUT2D eigenvalue weighted by Gasteiger charge is 2.18. The summed E-state index contributed by atoms with van der Waals surface area (Å²) in [6.07, 6.45) is 0.758. The topological polar surface area (TPSA) is 66.1 Å². The lowest BCUT2D eigenvalue weighted by molar-refractivity contribution is 0.146. The normalized spacial score (nSPS) is 14.6. The van der Waals surface area contributed by atoms with Crippen molar-refractivity contribution in [1.82, 2.24) is 4.98 Å². The van der Waals surface area contributed by atoms with E-state index in [-0.39, 0.29) is 0 Å². The van der Waals surface area contributed by atoms with E-state index in [0.717, 1.165) is 0 Å². The van der Waals surface area contributed by atoms with E-state index in [2.05, 4.69) is 4.98 Å². The summed E-state index contributed by atoms with van der Waals surface area (Å²) >= 11 is 1.25. The van der Waals surface area contributed by atoms with Gasteiger partial charge in [-0.2, -0.15) is 5.26 Å². The molecule has 2 unspecified atom stereocenters. The zero-order valence-corrected chi connectivity index (χ0v) is 8.21. The minimum absolute atomic E-state index is 0.426. The van der Waals surface area contributed by atoms with Gasteiger partial charge >= 0.3 is 0 Å². The standard InChI is InChI=1S/C8H10N2O2S/c1-5(3-9)7(11)6-4-10-8(12-2)13-6/h4-5,7,11H,1-2H3. The Morgan fingerprint density at radius 2 is 2.46 bits per heavy atom. The molecule has 1 rings (SSSR count). The first kappa shape index (κ1) is 9.96. The second kappa shape index (κ2) is 4.21. The molecule has 0 spiro atoms. The molecule has 1 N–H and O–H groups in total. The summed E-state index contributed by atoms with van der Waals surface area (Å²) in [5, 5.41) is 18.7. The van der Waals surface area contributed by atoms with Gasteiger partial charge in [-0.25, -0.2) is 4.98 Å². The highest BCUT2D eigenvalue weighted by atomic mass is 32.1. The third-order valence-electron chi connectivity index (χ3n) is 1.65. The van der Waals surface area contributed by atoms with Crippen LogP contribution in [0.1, 0.15) is 17.9 Å². The van der Waals surface area contributed by atoms with E-state index in [1.165, 1.54) is 24.6 Å². The van der Waals surface area contributed by atoms with E-state index in [1.807, 2.05) is 6.07 Å². The van der Waals surface area contributed by atoms with Crippen molar-refractivity contribution < 1.29 is 9.84 Å². The summed E-state index contributed by atoms with van der Waals surface area (Å²) in [5.41, 5.74) is 0. The fourth-order valence-corrected chi connectivity index (χ4v) is 1.64. The number of nitrogens with zero attached hydrogens (tertiary/aromatic N) is 2. The molecular weight excluding hydrogens is 188 g/mol. The van der Waals surface area contributed by atoms with Gasteiger partial charge in [0.15, 0.2) is 0 Å². The second-order valence-corrected chi connectivity index (χ2v) is 3.62. The van der Waals surface area contributed by atoms with Gasteiger partial charge in [-0.1, -0.05) is 11.3 Å². The van der Waals surface area contributed by atoms with E-state index >= 15 is 0 Å². The van der Waals surface area contributed by atoms with Crippen LogP contribution in [-0.2, 0) is 0 Å². The van der Waals surface area contributed by atoms with Crippen molar-refractivity contribution in [3.8, 4) is 11.3 Å². The smallest absolute Gasteiger partial charge is 0.273 e. The van der Waals surface area contributed by atoms with Crippen LogP contribution in [-0.4, -0.2) is 17.2 Å². The Morgan fingerprint density at radius 3 is 2.92 bits per heavy atom. The number of hydrogen-bond donors (Lipinski definition) is 1. The zero-order valence-electron chi connectivity index (χ0n) is 7.39. The molecule has 1 aromatic rings. The summed E-state index contributed by atoms with van der Waals surface area (Å²) in [5.74, 6) is -0.426. The lowest BCUT2D eigenvalue weighted by atomic mass is 10.1. The van der Waals surface area contributed by atoms with Gasteiger partial charge in [0.05, 0.1) is 24.0 Å². The largest absolute Gasteiger partial charge is 0.473 e. The molecular formula is C8H10N2O2S. The van der Waals surface area contributed by atoms with Gasteiger partial charge in [0.25, 0.3) is 5.19 Å². The Balaban J connectivity index is 2.78. The summed E-state index contributed by atoms with van der Waals surface area (Å²) in [7, 11) is 1.52. The monoisotopic (exact) mass is 198 g/mol. The van der Waals surface area contributed by atoms with E-state index in [1.54, 1.807) is 6.92 Å². The van der Waals surface area contributed by atoms with Gasteiger partial charge in [0, 0.05) is 6.20 Å². The number of aliphatic hydroxyl groups is 1. The minimum Gasteiger partial charge on any atom is -0.473 e. The fourth-order valence-electron chi connectivity index (χ4n) is 0.818. The molecule has 0 amide bonds. The number of aliphatic hydroxyl groups excluding tert-OH is 1. The van der Waals surface area contributed by atoms with Crippen molar-refractivity contribution in [3.63, 3.8) is 0 Å². The van der Waals surface area contributed by atoms with E-state index in [0.29, 0.717) is 10.1 Å².